The molecule has 2 unspecified atom stereocenters. The summed E-state index contributed by atoms with van der Waals surface area (Å²) < 4.78 is 0. The molecule has 3 aliphatic heterocycles. The first-order valence-corrected chi connectivity index (χ1v) is 12.4. The molecule has 1 saturated heterocycles. The Bertz CT molecular complexity index is 874. The topological polar surface area (TPSA) is 68.2 Å². The second kappa shape index (κ2) is 10.3. The van der Waals surface area contributed by atoms with E-state index in [0.717, 1.165) is 51.1 Å². The van der Waals surface area contributed by atoms with Crippen molar-refractivity contribution in [2.75, 3.05) is 32.7 Å². The molecule has 1 fully saturated rings. The monoisotopic (exact) mass is 459 g/mol. The van der Waals surface area contributed by atoms with E-state index in [1.54, 1.807) is 11.0 Å². The Morgan fingerprint density at radius 3 is 2.91 bits per heavy atom. The van der Waals surface area contributed by atoms with Crippen molar-refractivity contribution in [1.29, 1.82) is 0 Å². The first kappa shape index (κ1) is 23.2. The van der Waals surface area contributed by atoms with Gasteiger partial charge in [0.05, 0.1) is 23.2 Å². The molecule has 0 bridgehead atoms. The number of carbonyl (C=O) groups excluding carboxylic acids is 2. The molecule has 3 heterocycles. The minimum absolute atomic E-state index is 0.0360. The molecule has 4 rings (SSSR count). The summed E-state index contributed by atoms with van der Waals surface area (Å²) in [6.45, 7) is 8.61. The SMILES string of the molecule is CCN(CC)CC1CCCCN1CC(=O)N1C2=C(C=CC(Cl)C2)C(=O)NC2=C1N=CCC2. The molecule has 1 N–H and O–H groups in total. The van der Waals surface area contributed by atoms with Crippen LogP contribution in [0.4, 0.5) is 0 Å². The highest BCUT2D eigenvalue weighted by molar-refractivity contribution is 6.22. The molecule has 174 valence electrons. The number of piperidine rings is 1. The van der Waals surface area contributed by atoms with Crippen molar-refractivity contribution < 1.29 is 9.59 Å². The van der Waals surface area contributed by atoms with Crippen LogP contribution < -0.4 is 5.32 Å². The van der Waals surface area contributed by atoms with E-state index in [9.17, 15) is 9.59 Å². The van der Waals surface area contributed by atoms with E-state index in [0.29, 0.717) is 42.5 Å². The number of hydrogen-bond acceptors (Lipinski definition) is 5. The van der Waals surface area contributed by atoms with Gasteiger partial charge in [-0.2, -0.15) is 0 Å². The van der Waals surface area contributed by atoms with E-state index in [2.05, 4.69) is 34.0 Å². The van der Waals surface area contributed by atoms with E-state index in [-0.39, 0.29) is 17.2 Å². The summed E-state index contributed by atoms with van der Waals surface area (Å²) in [5.74, 6) is 0.333. The number of halogens is 1. The third-order valence-corrected chi connectivity index (χ3v) is 7.17. The molecule has 32 heavy (non-hydrogen) atoms. The van der Waals surface area contributed by atoms with Crippen LogP contribution in [0.15, 0.2) is 39.9 Å². The number of nitrogens with zero attached hydrogens (tertiary/aromatic N) is 4. The Morgan fingerprint density at radius 1 is 1.31 bits per heavy atom. The van der Waals surface area contributed by atoms with E-state index >= 15 is 0 Å². The molecular weight excluding hydrogens is 426 g/mol. The van der Waals surface area contributed by atoms with Gasteiger partial charge in [0, 0.05) is 30.9 Å². The Balaban J connectivity index is 1.63. The van der Waals surface area contributed by atoms with Gasteiger partial charge in [0.25, 0.3) is 5.91 Å². The molecule has 1 aliphatic carbocycles. The molecule has 4 aliphatic rings. The van der Waals surface area contributed by atoms with Crippen LogP contribution >= 0.6 is 11.6 Å². The maximum atomic E-state index is 13.8. The zero-order valence-corrected chi connectivity index (χ0v) is 19.9. The lowest BCUT2D eigenvalue weighted by Crippen LogP contribution is -2.50. The van der Waals surface area contributed by atoms with Gasteiger partial charge in [0.2, 0.25) is 5.91 Å². The lowest BCUT2D eigenvalue weighted by molar-refractivity contribution is -0.130. The minimum atomic E-state index is -0.253. The van der Waals surface area contributed by atoms with Crippen LogP contribution in [0.1, 0.15) is 52.4 Å². The normalized spacial score (nSPS) is 26.2. The third kappa shape index (κ3) is 4.85. The van der Waals surface area contributed by atoms with Crippen LogP contribution in [0.5, 0.6) is 0 Å². The number of likely N-dealkylation sites (tertiary alicyclic amines) is 1. The number of aliphatic imine (C=N–C) groups is 1. The number of likely N-dealkylation sites (N-methyl/N-ethyl adjacent to an activating group) is 1. The van der Waals surface area contributed by atoms with E-state index in [1.807, 2.05) is 12.3 Å². The Kier molecular flexibility index (Phi) is 7.48. The Labute approximate surface area is 195 Å². The van der Waals surface area contributed by atoms with Gasteiger partial charge in [-0.15, -0.1) is 11.6 Å². The second-order valence-corrected chi connectivity index (χ2v) is 9.44. The van der Waals surface area contributed by atoms with Crippen molar-refractivity contribution in [2.24, 2.45) is 4.99 Å². The van der Waals surface area contributed by atoms with E-state index in [1.165, 1.54) is 6.42 Å². The Hall–Kier alpha value is -1.96. The second-order valence-electron chi connectivity index (χ2n) is 8.88. The number of amides is 2. The van der Waals surface area contributed by atoms with Crippen LogP contribution in [-0.4, -0.2) is 76.9 Å². The number of hydrogen-bond donors (Lipinski definition) is 1. The predicted octanol–water partition coefficient (Wildman–Crippen LogP) is 3.00. The van der Waals surface area contributed by atoms with Crippen LogP contribution in [-0.2, 0) is 9.59 Å². The largest absolute Gasteiger partial charge is 0.322 e. The maximum Gasteiger partial charge on any atom is 0.257 e. The van der Waals surface area contributed by atoms with E-state index in [4.69, 9.17) is 11.6 Å². The fourth-order valence-corrected chi connectivity index (χ4v) is 5.26. The fraction of sp³-hybridized carbons (Fsp3) is 0.625. The van der Waals surface area contributed by atoms with Crippen LogP contribution in [0.2, 0.25) is 0 Å². The fourth-order valence-electron chi connectivity index (χ4n) is 5.04. The van der Waals surface area contributed by atoms with Crippen LogP contribution in [0.3, 0.4) is 0 Å². The highest BCUT2D eigenvalue weighted by atomic mass is 35.5. The predicted molar refractivity (Wildman–Crippen MR) is 127 cm³/mol. The molecular formula is C24H34ClN5O2. The summed E-state index contributed by atoms with van der Waals surface area (Å²) in [6, 6.07) is 0.364. The average Bonchev–Trinajstić information content (AvgIpc) is 2.91. The summed E-state index contributed by atoms with van der Waals surface area (Å²) in [6.07, 6.45) is 10.7. The summed E-state index contributed by atoms with van der Waals surface area (Å²) in [4.78, 5) is 37.7. The maximum absolute atomic E-state index is 13.8. The summed E-state index contributed by atoms with van der Waals surface area (Å²) >= 11 is 6.43. The highest BCUT2D eigenvalue weighted by Gasteiger charge is 2.37. The molecule has 2 atom stereocenters. The van der Waals surface area contributed by atoms with Gasteiger partial charge in [-0.3, -0.25) is 19.4 Å². The average molecular weight is 460 g/mol. The van der Waals surface area contributed by atoms with Gasteiger partial charge in [-0.1, -0.05) is 32.4 Å². The summed E-state index contributed by atoms with van der Waals surface area (Å²) in [5, 5.41) is 2.74. The lowest BCUT2D eigenvalue weighted by Gasteiger charge is -2.39. The third-order valence-electron chi connectivity index (χ3n) is 6.87. The molecule has 7 nitrogen and oxygen atoms in total. The minimum Gasteiger partial charge on any atom is -0.322 e. The van der Waals surface area contributed by atoms with Crippen LogP contribution in [0, 0.1) is 0 Å². The van der Waals surface area contributed by atoms with Gasteiger partial charge in [0.15, 0.2) is 5.82 Å². The first-order valence-electron chi connectivity index (χ1n) is 11.9. The van der Waals surface area contributed by atoms with Crippen molar-refractivity contribution in [3.05, 3.63) is 34.9 Å². The summed E-state index contributed by atoms with van der Waals surface area (Å²) in [7, 11) is 0. The zero-order chi connectivity index (χ0) is 22.7. The van der Waals surface area contributed by atoms with Gasteiger partial charge < -0.3 is 10.2 Å². The van der Waals surface area contributed by atoms with Gasteiger partial charge in [0.1, 0.15) is 0 Å². The number of nitrogens with one attached hydrogen (secondary N) is 1. The molecule has 0 aromatic carbocycles. The van der Waals surface area contributed by atoms with E-state index < -0.39 is 0 Å². The number of rotatable bonds is 6. The molecule has 2 amide bonds. The van der Waals surface area contributed by atoms with Gasteiger partial charge >= 0.3 is 0 Å². The van der Waals surface area contributed by atoms with Crippen molar-refractivity contribution in [2.45, 2.75) is 63.8 Å². The van der Waals surface area contributed by atoms with Crippen molar-refractivity contribution in [1.82, 2.24) is 20.0 Å². The molecule has 0 aromatic rings. The molecule has 0 radical (unpaired) electrons. The highest BCUT2D eigenvalue weighted by Crippen LogP contribution is 2.34. The van der Waals surface area contributed by atoms with Crippen molar-refractivity contribution in [3.63, 3.8) is 0 Å². The van der Waals surface area contributed by atoms with Crippen molar-refractivity contribution >= 4 is 29.6 Å². The van der Waals surface area contributed by atoms with Crippen LogP contribution in [0.25, 0.3) is 0 Å². The molecule has 0 spiro atoms. The Morgan fingerprint density at radius 2 is 2.12 bits per heavy atom. The standard InChI is InChI=1S/C24H34ClN5O2/c1-3-28(4-2)15-18-8-5-6-13-29(18)16-22(31)30-21-14-17(25)10-11-19(21)24(32)27-20-9-7-12-26-23(20)30/h10-12,17-18H,3-9,13-16H2,1-2H3,(H,27,32). The zero-order valence-electron chi connectivity index (χ0n) is 19.1. The molecule has 8 heteroatoms. The molecule has 0 saturated carbocycles. The number of allylic oxidation sites excluding steroid dienone is 3. The lowest BCUT2D eigenvalue weighted by atomic mass is 10.00. The van der Waals surface area contributed by atoms with Crippen molar-refractivity contribution in [3.8, 4) is 0 Å². The number of alkyl halides is 1. The number of carbonyl (C=O) groups is 2. The first-order chi connectivity index (χ1) is 15.5. The quantitative estimate of drug-likeness (QED) is 0.620. The molecule has 0 aromatic heterocycles. The van der Waals surface area contributed by atoms with Gasteiger partial charge in [-0.05, 0) is 45.3 Å². The smallest absolute Gasteiger partial charge is 0.257 e. The summed E-state index contributed by atoms with van der Waals surface area (Å²) in [5.41, 5.74) is 1.90. The van der Waals surface area contributed by atoms with Gasteiger partial charge in [-0.25, -0.2) is 4.99 Å².